The minimum absolute atomic E-state index is 0.151. The molecule has 14 heteroatoms. The van der Waals surface area contributed by atoms with E-state index in [2.05, 4.69) is 41.0 Å². The summed E-state index contributed by atoms with van der Waals surface area (Å²) in [5.74, 6) is 0.457. The molecule has 0 aliphatic rings. The number of aromatic amines is 1. The molecule has 0 radical (unpaired) electrons. The number of nitrogens with zero attached hydrogens (tertiary/aromatic N) is 7. The molecule has 5 aromatic rings. The molecule has 3 heterocycles. The number of nitrogens with one attached hydrogen (secondary N) is 3. The first-order valence-electron chi connectivity index (χ1n) is 13.2. The first kappa shape index (κ1) is 28.5. The van der Waals surface area contributed by atoms with Crippen LogP contribution in [0, 0.1) is 0 Å². The molecule has 13 nitrogen and oxygen atoms in total. The lowest BCUT2D eigenvalue weighted by Crippen LogP contribution is -2.31. The second-order valence-electron chi connectivity index (χ2n) is 9.42. The van der Waals surface area contributed by atoms with Crippen LogP contribution in [0.1, 0.15) is 36.3 Å². The maximum absolute atomic E-state index is 13.3. The van der Waals surface area contributed by atoms with Crippen molar-refractivity contribution in [2.45, 2.75) is 38.8 Å². The molecule has 1 unspecified atom stereocenters. The van der Waals surface area contributed by atoms with Gasteiger partial charge in [0.1, 0.15) is 12.2 Å². The number of rotatable bonds is 11. The molecule has 2 aromatic carbocycles. The topological polar surface area (TPSA) is 158 Å². The molecule has 42 heavy (non-hydrogen) atoms. The second kappa shape index (κ2) is 13.1. The Balaban J connectivity index is 1.32. The van der Waals surface area contributed by atoms with Crippen molar-refractivity contribution < 1.29 is 14.3 Å². The fourth-order valence-corrected chi connectivity index (χ4v) is 4.65. The van der Waals surface area contributed by atoms with Gasteiger partial charge in [-0.1, -0.05) is 23.7 Å². The van der Waals surface area contributed by atoms with Crippen molar-refractivity contribution in [1.29, 1.82) is 0 Å². The van der Waals surface area contributed by atoms with Gasteiger partial charge >= 0.3 is 6.09 Å². The molecular formula is C28H29ClN10O3. The SMILES string of the molecule is CCn1cc(CC(NC(=O)CCc2cc(Cl)ccc2-n2cnnn2)c2nc(-c3ccc(NC(=O)OC)cc3)c[nH]2)cn1. The Labute approximate surface area is 246 Å². The summed E-state index contributed by atoms with van der Waals surface area (Å²) >= 11 is 6.25. The largest absolute Gasteiger partial charge is 0.453 e. The summed E-state index contributed by atoms with van der Waals surface area (Å²) in [6.07, 6.45) is 7.63. The minimum atomic E-state index is -0.545. The van der Waals surface area contributed by atoms with Crippen LogP contribution in [0.4, 0.5) is 10.5 Å². The zero-order valence-electron chi connectivity index (χ0n) is 23.0. The molecule has 0 saturated carbocycles. The number of aryl methyl sites for hydroxylation is 2. The number of tetrazole rings is 1. The van der Waals surface area contributed by atoms with E-state index in [1.165, 1.54) is 13.4 Å². The van der Waals surface area contributed by atoms with Crippen LogP contribution in [0.25, 0.3) is 16.9 Å². The monoisotopic (exact) mass is 588 g/mol. The van der Waals surface area contributed by atoms with Crippen LogP contribution in [0.15, 0.2) is 67.4 Å². The van der Waals surface area contributed by atoms with Gasteiger partial charge in [-0.2, -0.15) is 5.10 Å². The number of aromatic nitrogens is 8. The lowest BCUT2D eigenvalue weighted by molar-refractivity contribution is -0.121. The zero-order chi connectivity index (χ0) is 29.5. The van der Waals surface area contributed by atoms with Gasteiger partial charge < -0.3 is 15.0 Å². The van der Waals surface area contributed by atoms with Crippen LogP contribution < -0.4 is 10.6 Å². The molecule has 5 rings (SSSR count). The maximum Gasteiger partial charge on any atom is 0.411 e. The first-order valence-corrected chi connectivity index (χ1v) is 13.6. The molecule has 0 aliphatic heterocycles. The number of hydrogen-bond donors (Lipinski definition) is 3. The Morgan fingerprint density at radius 3 is 2.71 bits per heavy atom. The minimum Gasteiger partial charge on any atom is -0.453 e. The van der Waals surface area contributed by atoms with E-state index in [-0.39, 0.29) is 12.3 Å². The highest BCUT2D eigenvalue weighted by Crippen LogP contribution is 2.24. The predicted molar refractivity (Wildman–Crippen MR) is 155 cm³/mol. The number of carbonyl (C=O) groups excluding carboxylic acids is 2. The molecule has 0 fully saturated rings. The van der Waals surface area contributed by atoms with Gasteiger partial charge in [-0.15, -0.1) is 5.10 Å². The first-order chi connectivity index (χ1) is 20.4. The molecule has 2 amide bonds. The molecule has 216 valence electrons. The lowest BCUT2D eigenvalue weighted by Gasteiger charge is -2.17. The summed E-state index contributed by atoms with van der Waals surface area (Å²) in [4.78, 5) is 32.8. The molecule has 0 saturated heterocycles. The Bertz CT molecular complexity index is 1650. The number of benzene rings is 2. The van der Waals surface area contributed by atoms with Gasteiger partial charge in [0.25, 0.3) is 0 Å². The Morgan fingerprint density at radius 1 is 1.17 bits per heavy atom. The number of carbonyl (C=O) groups is 2. The summed E-state index contributed by atoms with van der Waals surface area (Å²) in [6, 6.07) is 12.2. The van der Waals surface area contributed by atoms with E-state index < -0.39 is 12.1 Å². The van der Waals surface area contributed by atoms with Crippen molar-refractivity contribution in [1.82, 2.24) is 45.3 Å². The van der Waals surface area contributed by atoms with Gasteiger partial charge in [-0.25, -0.2) is 14.5 Å². The lowest BCUT2D eigenvalue weighted by atomic mass is 10.1. The average Bonchev–Trinajstić information content (AvgIpc) is 3.79. The van der Waals surface area contributed by atoms with Gasteiger partial charge in [0, 0.05) is 48.1 Å². The van der Waals surface area contributed by atoms with E-state index in [0.29, 0.717) is 35.1 Å². The van der Waals surface area contributed by atoms with Crippen molar-refractivity contribution in [3.05, 3.63) is 89.4 Å². The Hall–Kier alpha value is -5.04. The smallest absolute Gasteiger partial charge is 0.411 e. The summed E-state index contributed by atoms with van der Waals surface area (Å²) in [7, 11) is 1.31. The zero-order valence-corrected chi connectivity index (χ0v) is 23.7. The highest BCUT2D eigenvalue weighted by atomic mass is 35.5. The van der Waals surface area contributed by atoms with Gasteiger partial charge in [-0.05, 0) is 65.2 Å². The Kier molecular flexibility index (Phi) is 8.87. The molecule has 0 spiro atoms. The normalized spacial score (nSPS) is 11.7. The van der Waals surface area contributed by atoms with Gasteiger partial charge in [0.15, 0.2) is 0 Å². The van der Waals surface area contributed by atoms with E-state index in [0.717, 1.165) is 28.9 Å². The van der Waals surface area contributed by atoms with Crippen molar-refractivity contribution >= 4 is 29.3 Å². The predicted octanol–water partition coefficient (Wildman–Crippen LogP) is 4.13. The van der Waals surface area contributed by atoms with Gasteiger partial charge in [0.2, 0.25) is 5.91 Å². The van der Waals surface area contributed by atoms with Crippen LogP contribution in [0.3, 0.4) is 0 Å². The van der Waals surface area contributed by atoms with Crippen LogP contribution in [0.2, 0.25) is 5.02 Å². The van der Waals surface area contributed by atoms with Gasteiger partial charge in [-0.3, -0.25) is 14.8 Å². The van der Waals surface area contributed by atoms with Crippen LogP contribution >= 0.6 is 11.6 Å². The number of amides is 2. The molecule has 0 aliphatic carbocycles. The fraction of sp³-hybridized carbons (Fsp3) is 0.250. The van der Waals surface area contributed by atoms with Crippen molar-refractivity contribution in [3.8, 4) is 16.9 Å². The molecule has 1 atom stereocenters. The maximum atomic E-state index is 13.3. The molecular weight excluding hydrogens is 560 g/mol. The van der Waals surface area contributed by atoms with Gasteiger partial charge in [0.05, 0.1) is 30.7 Å². The number of halogens is 1. The summed E-state index contributed by atoms with van der Waals surface area (Å²) < 4.78 is 8.02. The summed E-state index contributed by atoms with van der Waals surface area (Å²) in [5, 5.41) is 22.1. The van der Waals surface area contributed by atoms with Crippen LogP contribution in [-0.4, -0.2) is 59.1 Å². The summed E-state index contributed by atoms with van der Waals surface area (Å²) in [5.41, 5.74) is 4.70. The number of hydrogen-bond acceptors (Lipinski definition) is 8. The quantitative estimate of drug-likeness (QED) is 0.208. The molecule has 3 N–H and O–H groups in total. The number of methoxy groups -OCH3 is 1. The average molecular weight is 589 g/mol. The Morgan fingerprint density at radius 2 is 2.00 bits per heavy atom. The molecule has 0 bridgehead atoms. The van der Waals surface area contributed by atoms with E-state index in [9.17, 15) is 9.59 Å². The third-order valence-electron chi connectivity index (χ3n) is 6.58. The van der Waals surface area contributed by atoms with E-state index >= 15 is 0 Å². The fourth-order valence-electron chi connectivity index (χ4n) is 4.46. The number of H-pyrrole nitrogens is 1. The second-order valence-corrected chi connectivity index (χ2v) is 9.86. The number of anilines is 1. The van der Waals surface area contributed by atoms with Crippen molar-refractivity contribution in [3.63, 3.8) is 0 Å². The molecule has 3 aromatic heterocycles. The third kappa shape index (κ3) is 6.99. The summed E-state index contributed by atoms with van der Waals surface area (Å²) in [6.45, 7) is 2.76. The third-order valence-corrected chi connectivity index (χ3v) is 6.82. The number of ether oxygens (including phenoxy) is 1. The highest BCUT2D eigenvalue weighted by Gasteiger charge is 2.21. The van der Waals surface area contributed by atoms with Crippen LogP contribution in [-0.2, 0) is 28.9 Å². The van der Waals surface area contributed by atoms with Crippen molar-refractivity contribution in [2.24, 2.45) is 0 Å². The van der Waals surface area contributed by atoms with Crippen molar-refractivity contribution in [2.75, 3.05) is 12.4 Å². The van der Waals surface area contributed by atoms with E-state index in [1.54, 1.807) is 35.3 Å². The van der Waals surface area contributed by atoms with E-state index in [1.807, 2.05) is 42.1 Å². The van der Waals surface area contributed by atoms with Crippen LogP contribution in [0.5, 0.6) is 0 Å². The number of imidazole rings is 1. The van der Waals surface area contributed by atoms with E-state index in [4.69, 9.17) is 16.6 Å². The standard InChI is InChI=1S/C28H29ClN10O3/c1-3-38-16-18(14-32-38)12-23(27-30-15-24(35-27)19-4-8-22(9-5-19)33-28(41)42-2)34-26(40)11-6-20-13-21(29)7-10-25(20)39-17-31-36-37-39/h4-5,7-10,13-17,23H,3,6,11-12H2,1-2H3,(H,30,35)(H,33,41)(H,34,40). The highest BCUT2D eigenvalue weighted by molar-refractivity contribution is 6.30.